The third kappa shape index (κ3) is 5.35. The first-order valence-corrected chi connectivity index (χ1v) is 10.8. The molecule has 0 unspecified atom stereocenters. The SMILES string of the molecule is COCCOc1ccc(C(=O)NC(=S)Nc2sc3c(c2C(=O)OC)CCCC3)cc1. The largest absolute Gasteiger partial charge is 0.491 e. The first-order valence-electron chi connectivity index (χ1n) is 9.60. The van der Waals surface area contributed by atoms with Gasteiger partial charge < -0.3 is 19.5 Å². The van der Waals surface area contributed by atoms with Gasteiger partial charge in [0.15, 0.2) is 5.11 Å². The molecule has 1 heterocycles. The van der Waals surface area contributed by atoms with E-state index in [9.17, 15) is 9.59 Å². The zero-order valence-corrected chi connectivity index (χ0v) is 18.5. The van der Waals surface area contributed by atoms with Gasteiger partial charge in [0.2, 0.25) is 0 Å². The molecule has 30 heavy (non-hydrogen) atoms. The summed E-state index contributed by atoms with van der Waals surface area (Å²) >= 11 is 6.80. The number of rotatable bonds is 7. The molecule has 0 fully saturated rings. The Labute approximate surface area is 184 Å². The van der Waals surface area contributed by atoms with E-state index in [4.69, 9.17) is 26.4 Å². The van der Waals surface area contributed by atoms with Crippen LogP contribution >= 0.6 is 23.6 Å². The van der Waals surface area contributed by atoms with Crippen molar-refractivity contribution in [2.75, 3.05) is 32.8 Å². The number of thiocarbonyl (C=S) groups is 1. The van der Waals surface area contributed by atoms with Crippen molar-refractivity contribution in [1.82, 2.24) is 5.32 Å². The number of aryl methyl sites for hydroxylation is 1. The number of esters is 1. The van der Waals surface area contributed by atoms with Crippen molar-refractivity contribution in [2.24, 2.45) is 0 Å². The van der Waals surface area contributed by atoms with Crippen LogP contribution in [0.3, 0.4) is 0 Å². The van der Waals surface area contributed by atoms with Crippen LogP contribution in [-0.2, 0) is 22.3 Å². The molecular formula is C21H24N2O5S2. The van der Waals surface area contributed by atoms with Gasteiger partial charge in [0, 0.05) is 17.6 Å². The zero-order chi connectivity index (χ0) is 21.5. The number of amides is 1. The fourth-order valence-corrected chi connectivity index (χ4v) is 4.77. The third-order valence-corrected chi connectivity index (χ3v) is 6.10. The maximum absolute atomic E-state index is 12.5. The molecule has 1 aromatic carbocycles. The summed E-state index contributed by atoms with van der Waals surface area (Å²) in [6.07, 6.45) is 3.92. The number of fused-ring (bicyclic) bond motifs is 1. The van der Waals surface area contributed by atoms with Crippen LogP contribution in [0.4, 0.5) is 5.00 Å². The predicted octanol–water partition coefficient (Wildman–Crippen LogP) is 3.57. The van der Waals surface area contributed by atoms with Crippen LogP contribution in [0.25, 0.3) is 0 Å². The highest BCUT2D eigenvalue weighted by atomic mass is 32.1. The van der Waals surface area contributed by atoms with Gasteiger partial charge in [-0.15, -0.1) is 11.3 Å². The lowest BCUT2D eigenvalue weighted by atomic mass is 9.95. The van der Waals surface area contributed by atoms with E-state index in [0.29, 0.717) is 35.1 Å². The van der Waals surface area contributed by atoms with Crippen LogP contribution in [0.1, 0.15) is 44.0 Å². The first-order chi connectivity index (χ1) is 14.5. The van der Waals surface area contributed by atoms with Gasteiger partial charge in [-0.2, -0.15) is 0 Å². The number of thiophene rings is 1. The van der Waals surface area contributed by atoms with Gasteiger partial charge in [0.05, 0.1) is 19.3 Å². The van der Waals surface area contributed by atoms with E-state index in [0.717, 1.165) is 31.2 Å². The Morgan fingerprint density at radius 3 is 2.53 bits per heavy atom. The Kier molecular flexibility index (Phi) is 7.78. The highest BCUT2D eigenvalue weighted by molar-refractivity contribution is 7.80. The summed E-state index contributed by atoms with van der Waals surface area (Å²) in [7, 11) is 2.97. The molecule has 1 aliphatic rings. The lowest BCUT2D eigenvalue weighted by Gasteiger charge is -2.12. The molecule has 2 aromatic rings. The summed E-state index contributed by atoms with van der Waals surface area (Å²) in [6, 6.07) is 6.74. The van der Waals surface area contributed by atoms with Crippen LogP contribution in [-0.4, -0.2) is 44.4 Å². The van der Waals surface area contributed by atoms with Crippen molar-refractivity contribution in [3.8, 4) is 5.75 Å². The summed E-state index contributed by atoms with van der Waals surface area (Å²) in [5, 5.41) is 6.40. The number of ether oxygens (including phenoxy) is 3. The average molecular weight is 449 g/mol. The molecule has 0 aliphatic heterocycles. The number of hydrogen-bond acceptors (Lipinski definition) is 7. The topological polar surface area (TPSA) is 85.9 Å². The van der Waals surface area contributed by atoms with Crippen LogP contribution in [0.5, 0.6) is 5.75 Å². The Morgan fingerprint density at radius 2 is 1.83 bits per heavy atom. The fourth-order valence-electron chi connectivity index (χ4n) is 3.23. The fraction of sp³-hybridized carbons (Fsp3) is 0.381. The molecule has 9 heteroatoms. The highest BCUT2D eigenvalue weighted by Crippen LogP contribution is 2.38. The number of anilines is 1. The van der Waals surface area contributed by atoms with Crippen molar-refractivity contribution >= 4 is 45.5 Å². The summed E-state index contributed by atoms with van der Waals surface area (Å²) < 4.78 is 15.4. The second-order valence-electron chi connectivity index (χ2n) is 6.68. The minimum absolute atomic E-state index is 0.129. The molecule has 3 rings (SSSR count). The molecule has 1 aliphatic carbocycles. The second-order valence-corrected chi connectivity index (χ2v) is 8.19. The monoisotopic (exact) mass is 448 g/mol. The predicted molar refractivity (Wildman–Crippen MR) is 120 cm³/mol. The molecule has 1 amide bonds. The van der Waals surface area contributed by atoms with Crippen LogP contribution < -0.4 is 15.4 Å². The number of carbonyl (C=O) groups is 2. The van der Waals surface area contributed by atoms with E-state index in [-0.39, 0.29) is 11.0 Å². The van der Waals surface area contributed by atoms with Crippen molar-refractivity contribution in [2.45, 2.75) is 25.7 Å². The Morgan fingerprint density at radius 1 is 1.10 bits per heavy atom. The standard InChI is InChI=1S/C21H24N2O5S2/c1-26-11-12-28-14-9-7-13(8-10-14)18(24)22-21(29)23-19-17(20(25)27-2)15-5-3-4-6-16(15)30-19/h7-10H,3-6,11-12H2,1-2H3,(H2,22,23,24,29). The van der Waals surface area contributed by atoms with Crippen molar-refractivity contribution in [1.29, 1.82) is 0 Å². The molecule has 0 radical (unpaired) electrons. The Bertz CT molecular complexity index is 924. The van der Waals surface area contributed by atoms with E-state index in [1.807, 2.05) is 0 Å². The Balaban J connectivity index is 1.65. The van der Waals surface area contributed by atoms with Gasteiger partial charge in [-0.1, -0.05) is 0 Å². The molecule has 0 spiro atoms. The van der Waals surface area contributed by atoms with Crippen LogP contribution in [0.15, 0.2) is 24.3 Å². The molecule has 160 valence electrons. The van der Waals surface area contributed by atoms with Gasteiger partial charge >= 0.3 is 5.97 Å². The van der Waals surface area contributed by atoms with Gasteiger partial charge in [-0.3, -0.25) is 10.1 Å². The molecule has 0 atom stereocenters. The van der Waals surface area contributed by atoms with Gasteiger partial charge in [-0.25, -0.2) is 4.79 Å². The minimum atomic E-state index is -0.393. The summed E-state index contributed by atoms with van der Waals surface area (Å²) in [5.74, 6) is -0.0943. The molecule has 2 N–H and O–H groups in total. The van der Waals surface area contributed by atoms with Gasteiger partial charge in [0.1, 0.15) is 17.4 Å². The van der Waals surface area contributed by atoms with Crippen molar-refractivity contribution in [3.63, 3.8) is 0 Å². The van der Waals surface area contributed by atoms with Crippen LogP contribution in [0.2, 0.25) is 0 Å². The third-order valence-electron chi connectivity index (χ3n) is 4.69. The number of carbonyl (C=O) groups excluding carboxylic acids is 2. The smallest absolute Gasteiger partial charge is 0.341 e. The van der Waals surface area contributed by atoms with Crippen molar-refractivity contribution < 1.29 is 23.8 Å². The van der Waals surface area contributed by atoms with E-state index < -0.39 is 5.97 Å². The lowest BCUT2D eigenvalue weighted by Crippen LogP contribution is -2.34. The molecule has 0 saturated heterocycles. The molecule has 7 nitrogen and oxygen atoms in total. The zero-order valence-electron chi connectivity index (χ0n) is 16.9. The quantitative estimate of drug-likeness (QED) is 0.380. The summed E-state index contributed by atoms with van der Waals surface area (Å²) in [4.78, 5) is 26.0. The highest BCUT2D eigenvalue weighted by Gasteiger charge is 2.26. The first kappa shape index (κ1) is 22.2. The van der Waals surface area contributed by atoms with Gasteiger partial charge in [-0.05, 0) is 67.7 Å². The van der Waals surface area contributed by atoms with Crippen LogP contribution in [0, 0.1) is 0 Å². The Hall–Kier alpha value is -2.49. The molecule has 1 aromatic heterocycles. The molecular weight excluding hydrogens is 424 g/mol. The van der Waals surface area contributed by atoms with Gasteiger partial charge in [0.25, 0.3) is 5.91 Å². The maximum atomic E-state index is 12.5. The second kappa shape index (κ2) is 10.5. The summed E-state index contributed by atoms with van der Waals surface area (Å²) in [5.41, 5.74) is 1.99. The average Bonchev–Trinajstić information content (AvgIpc) is 3.11. The maximum Gasteiger partial charge on any atom is 0.341 e. The normalized spacial score (nSPS) is 12.6. The minimum Gasteiger partial charge on any atom is -0.491 e. The number of hydrogen-bond donors (Lipinski definition) is 2. The molecule has 0 saturated carbocycles. The van der Waals surface area contributed by atoms with E-state index in [2.05, 4.69) is 10.6 Å². The van der Waals surface area contributed by atoms with E-state index in [1.54, 1.807) is 31.4 Å². The summed E-state index contributed by atoms with van der Waals surface area (Å²) in [6.45, 7) is 0.922. The lowest BCUT2D eigenvalue weighted by molar-refractivity contribution is 0.0601. The van der Waals surface area contributed by atoms with E-state index in [1.165, 1.54) is 23.3 Å². The number of benzene rings is 1. The number of nitrogens with one attached hydrogen (secondary N) is 2. The number of methoxy groups -OCH3 is 2. The van der Waals surface area contributed by atoms with Crippen molar-refractivity contribution in [3.05, 3.63) is 45.8 Å². The molecule has 0 bridgehead atoms. The van der Waals surface area contributed by atoms with E-state index >= 15 is 0 Å².